The number of carbonyl (C=O) groups is 1. The van der Waals surface area contributed by atoms with Gasteiger partial charge >= 0.3 is 6.09 Å². The van der Waals surface area contributed by atoms with Crippen LogP contribution in [0.25, 0.3) is 0 Å². The van der Waals surface area contributed by atoms with Gasteiger partial charge in [-0.2, -0.15) is 5.26 Å². The van der Waals surface area contributed by atoms with Gasteiger partial charge in [0.25, 0.3) is 0 Å². The molecule has 0 aromatic heterocycles. The molecule has 0 spiro atoms. The van der Waals surface area contributed by atoms with E-state index in [1.54, 1.807) is 17.9 Å². The van der Waals surface area contributed by atoms with Gasteiger partial charge < -0.3 is 19.9 Å². The number of anilines is 1. The lowest BCUT2D eigenvalue weighted by Crippen LogP contribution is -2.51. The number of benzene rings is 1. The van der Waals surface area contributed by atoms with Crippen molar-refractivity contribution in [1.29, 1.82) is 5.26 Å². The highest BCUT2D eigenvalue weighted by Crippen LogP contribution is 2.15. The van der Waals surface area contributed by atoms with Gasteiger partial charge in [0, 0.05) is 26.2 Å². The summed E-state index contributed by atoms with van der Waals surface area (Å²) in [6, 6.07) is 9.35. The first-order chi connectivity index (χ1) is 10.7. The summed E-state index contributed by atoms with van der Waals surface area (Å²) in [6.07, 6.45) is -0.282. The largest absolute Gasteiger partial charge is 0.450 e. The standard InChI is InChI=1S/C15H18N4O2S/c1-2-21-15(20)19-9-7-18(8-10-19)14(22)17-13-6-4-3-5-12(13)11-16/h3-6H,2,7-10H2,1H3,(H,17,22). The summed E-state index contributed by atoms with van der Waals surface area (Å²) in [6.45, 7) is 4.59. The number of piperazine rings is 1. The molecule has 22 heavy (non-hydrogen) atoms. The molecule has 1 aliphatic heterocycles. The number of nitrogens with one attached hydrogen (secondary N) is 1. The predicted octanol–water partition coefficient (Wildman–Crippen LogP) is 2.03. The molecule has 0 aliphatic carbocycles. The quantitative estimate of drug-likeness (QED) is 0.842. The third-order valence-electron chi connectivity index (χ3n) is 3.38. The van der Waals surface area contributed by atoms with Crippen molar-refractivity contribution in [1.82, 2.24) is 9.80 Å². The summed E-state index contributed by atoms with van der Waals surface area (Å²) in [5, 5.41) is 12.7. The Hall–Kier alpha value is -2.33. The molecule has 1 fully saturated rings. The SMILES string of the molecule is CCOC(=O)N1CCN(C(=S)Nc2ccccc2C#N)CC1. The monoisotopic (exact) mass is 318 g/mol. The summed E-state index contributed by atoms with van der Waals surface area (Å²) in [5.74, 6) is 0. The molecule has 6 nitrogen and oxygen atoms in total. The van der Waals surface area contributed by atoms with Crippen LogP contribution < -0.4 is 5.32 Å². The van der Waals surface area contributed by atoms with E-state index in [2.05, 4.69) is 11.4 Å². The second-order valence-electron chi connectivity index (χ2n) is 4.76. The zero-order valence-corrected chi connectivity index (χ0v) is 13.2. The molecule has 2 rings (SSSR count). The Morgan fingerprint density at radius 1 is 1.32 bits per heavy atom. The molecule has 0 unspecified atom stereocenters. The Balaban J connectivity index is 1.90. The summed E-state index contributed by atoms with van der Waals surface area (Å²) in [5.41, 5.74) is 1.25. The molecular weight excluding hydrogens is 300 g/mol. The molecule has 1 saturated heterocycles. The molecule has 1 amide bonds. The van der Waals surface area contributed by atoms with Crippen LogP contribution in [0.1, 0.15) is 12.5 Å². The Morgan fingerprint density at radius 2 is 1.95 bits per heavy atom. The molecule has 1 aromatic rings. The molecule has 1 heterocycles. The second-order valence-corrected chi connectivity index (χ2v) is 5.15. The summed E-state index contributed by atoms with van der Waals surface area (Å²) in [4.78, 5) is 15.3. The van der Waals surface area contributed by atoms with Crippen LogP contribution in [0.15, 0.2) is 24.3 Å². The lowest BCUT2D eigenvalue weighted by Gasteiger charge is -2.35. The van der Waals surface area contributed by atoms with Crippen LogP contribution in [-0.2, 0) is 4.74 Å². The van der Waals surface area contributed by atoms with Gasteiger partial charge in [-0.3, -0.25) is 0 Å². The highest BCUT2D eigenvalue weighted by Gasteiger charge is 2.23. The van der Waals surface area contributed by atoms with Gasteiger partial charge in [-0.05, 0) is 31.3 Å². The van der Waals surface area contributed by atoms with Crippen molar-refractivity contribution in [2.24, 2.45) is 0 Å². The third-order valence-corrected chi connectivity index (χ3v) is 3.74. The van der Waals surface area contributed by atoms with Crippen LogP contribution in [0.4, 0.5) is 10.5 Å². The molecule has 1 N–H and O–H groups in total. The minimum absolute atomic E-state index is 0.282. The highest BCUT2D eigenvalue weighted by atomic mass is 32.1. The number of ether oxygens (including phenoxy) is 1. The van der Waals surface area contributed by atoms with Crippen LogP contribution in [0.2, 0.25) is 0 Å². The van der Waals surface area contributed by atoms with Crippen LogP contribution in [0, 0.1) is 11.3 Å². The van der Waals surface area contributed by atoms with Crippen molar-refractivity contribution in [3.05, 3.63) is 29.8 Å². The average Bonchev–Trinajstić information content (AvgIpc) is 2.55. The minimum atomic E-state index is -0.282. The smallest absolute Gasteiger partial charge is 0.409 e. The molecule has 0 atom stereocenters. The Bertz CT molecular complexity index is 591. The molecule has 1 aliphatic rings. The van der Waals surface area contributed by atoms with Crippen molar-refractivity contribution >= 4 is 29.1 Å². The van der Waals surface area contributed by atoms with E-state index in [4.69, 9.17) is 22.2 Å². The lowest BCUT2D eigenvalue weighted by atomic mass is 10.2. The van der Waals surface area contributed by atoms with E-state index in [1.165, 1.54) is 0 Å². The number of hydrogen-bond donors (Lipinski definition) is 1. The molecule has 0 radical (unpaired) electrons. The first-order valence-corrected chi connectivity index (χ1v) is 7.53. The maximum absolute atomic E-state index is 11.6. The average molecular weight is 318 g/mol. The van der Waals surface area contributed by atoms with E-state index in [1.807, 2.05) is 23.1 Å². The number of para-hydroxylation sites is 1. The fraction of sp³-hybridized carbons (Fsp3) is 0.400. The first kappa shape index (κ1) is 16.0. The number of nitrogens with zero attached hydrogens (tertiary/aromatic N) is 3. The van der Waals surface area contributed by atoms with E-state index < -0.39 is 0 Å². The van der Waals surface area contributed by atoms with Crippen molar-refractivity contribution < 1.29 is 9.53 Å². The van der Waals surface area contributed by atoms with E-state index in [9.17, 15) is 4.79 Å². The Morgan fingerprint density at radius 3 is 2.59 bits per heavy atom. The number of carbonyl (C=O) groups excluding carboxylic acids is 1. The lowest BCUT2D eigenvalue weighted by molar-refractivity contribution is 0.0923. The van der Waals surface area contributed by atoms with Crippen molar-refractivity contribution in [3.8, 4) is 6.07 Å². The molecule has 7 heteroatoms. The van der Waals surface area contributed by atoms with Crippen molar-refractivity contribution in [2.75, 3.05) is 38.1 Å². The van der Waals surface area contributed by atoms with Crippen LogP contribution in [-0.4, -0.2) is 53.8 Å². The van der Waals surface area contributed by atoms with Gasteiger partial charge in [0.15, 0.2) is 5.11 Å². The fourth-order valence-electron chi connectivity index (χ4n) is 2.19. The highest BCUT2D eigenvalue weighted by molar-refractivity contribution is 7.80. The summed E-state index contributed by atoms with van der Waals surface area (Å²) >= 11 is 5.39. The van der Waals surface area contributed by atoms with E-state index in [0.717, 1.165) is 0 Å². The van der Waals surface area contributed by atoms with E-state index in [-0.39, 0.29) is 6.09 Å². The maximum Gasteiger partial charge on any atom is 0.409 e. The van der Waals surface area contributed by atoms with Gasteiger partial charge in [-0.1, -0.05) is 12.1 Å². The number of amides is 1. The van der Waals surface area contributed by atoms with Crippen molar-refractivity contribution in [3.63, 3.8) is 0 Å². The second kappa shape index (κ2) is 7.61. The normalized spacial score (nSPS) is 14.2. The van der Waals surface area contributed by atoms with Gasteiger partial charge in [0.1, 0.15) is 6.07 Å². The number of nitriles is 1. The fourth-order valence-corrected chi connectivity index (χ4v) is 2.48. The molecule has 0 bridgehead atoms. The zero-order chi connectivity index (χ0) is 15.9. The Kier molecular flexibility index (Phi) is 5.55. The van der Waals surface area contributed by atoms with Gasteiger partial charge in [-0.25, -0.2) is 4.79 Å². The van der Waals surface area contributed by atoms with Gasteiger partial charge in [-0.15, -0.1) is 0 Å². The van der Waals surface area contributed by atoms with Crippen LogP contribution in [0.5, 0.6) is 0 Å². The zero-order valence-electron chi connectivity index (χ0n) is 12.4. The van der Waals surface area contributed by atoms with Crippen LogP contribution in [0.3, 0.4) is 0 Å². The molecule has 0 saturated carbocycles. The molecule has 1 aromatic carbocycles. The number of thiocarbonyl (C=S) groups is 1. The summed E-state index contributed by atoms with van der Waals surface area (Å²) < 4.78 is 4.99. The third kappa shape index (κ3) is 3.86. The van der Waals surface area contributed by atoms with Crippen LogP contribution >= 0.6 is 12.2 Å². The van der Waals surface area contributed by atoms with Gasteiger partial charge in [0.05, 0.1) is 17.9 Å². The van der Waals surface area contributed by atoms with E-state index >= 15 is 0 Å². The van der Waals surface area contributed by atoms with Crippen molar-refractivity contribution in [2.45, 2.75) is 6.92 Å². The predicted molar refractivity (Wildman–Crippen MR) is 87.5 cm³/mol. The molecule has 116 valence electrons. The Labute approximate surface area is 135 Å². The number of hydrogen-bond acceptors (Lipinski definition) is 4. The molecular formula is C15H18N4O2S. The topological polar surface area (TPSA) is 68.6 Å². The first-order valence-electron chi connectivity index (χ1n) is 7.12. The van der Waals surface area contributed by atoms with E-state index in [0.29, 0.717) is 49.1 Å². The minimum Gasteiger partial charge on any atom is -0.450 e. The van der Waals surface area contributed by atoms with Gasteiger partial charge in [0.2, 0.25) is 0 Å². The summed E-state index contributed by atoms with van der Waals surface area (Å²) in [7, 11) is 0. The maximum atomic E-state index is 11.6. The number of rotatable bonds is 2.